The van der Waals surface area contributed by atoms with E-state index in [0.717, 1.165) is 23.3 Å². The normalized spacial score (nSPS) is 17.3. The van der Waals surface area contributed by atoms with E-state index < -0.39 is 29.2 Å². The second kappa shape index (κ2) is 11.0. The zero-order valence-corrected chi connectivity index (χ0v) is 20.1. The molecule has 1 aliphatic heterocycles. The van der Waals surface area contributed by atoms with Crippen LogP contribution in [0.2, 0.25) is 0 Å². The van der Waals surface area contributed by atoms with Crippen molar-refractivity contribution in [1.82, 2.24) is 15.0 Å². The van der Waals surface area contributed by atoms with Gasteiger partial charge in [0.05, 0.1) is 35.5 Å². The van der Waals surface area contributed by atoms with Gasteiger partial charge in [0, 0.05) is 33.9 Å². The van der Waals surface area contributed by atoms with Gasteiger partial charge in [-0.05, 0) is 32.0 Å². The Bertz CT molecular complexity index is 1180. The second-order valence-corrected chi connectivity index (χ2v) is 10.5. The number of halogens is 3. The number of hydrogen-bond donors (Lipinski definition) is 1. The monoisotopic (exact) mass is 521 g/mol. The Morgan fingerprint density at radius 3 is 2.57 bits per heavy atom. The predicted octanol–water partition coefficient (Wildman–Crippen LogP) is 4.03. The average molecular weight is 522 g/mol. The Morgan fingerprint density at radius 1 is 1.23 bits per heavy atom. The fourth-order valence-corrected chi connectivity index (χ4v) is 4.66. The number of benzene rings is 1. The molecule has 1 aliphatic rings. The number of alkyl halides is 3. The third-order valence-electron chi connectivity index (χ3n) is 5.50. The molecule has 1 aromatic carbocycles. The number of ether oxygens (including phenoxy) is 3. The van der Waals surface area contributed by atoms with Gasteiger partial charge in [0.1, 0.15) is 12.4 Å². The van der Waals surface area contributed by atoms with Crippen LogP contribution in [0.4, 0.5) is 13.2 Å². The summed E-state index contributed by atoms with van der Waals surface area (Å²) >= 11 is -1.65. The maximum atomic E-state index is 13.0. The molecule has 186 valence electrons. The van der Waals surface area contributed by atoms with E-state index in [0.29, 0.717) is 30.2 Å². The number of fused-ring (bicyclic) bond motifs is 1. The van der Waals surface area contributed by atoms with Crippen molar-refractivity contribution in [3.05, 3.63) is 46.8 Å². The van der Waals surface area contributed by atoms with Gasteiger partial charge >= 0.3 is 40.9 Å². The summed E-state index contributed by atoms with van der Waals surface area (Å²) in [5.74, 6) is 0.637. The quantitative estimate of drug-likeness (QED) is 0.389. The van der Waals surface area contributed by atoms with E-state index in [1.54, 1.807) is 6.20 Å². The zero-order chi connectivity index (χ0) is 24.7. The third-order valence-corrected chi connectivity index (χ3v) is 6.66. The van der Waals surface area contributed by atoms with E-state index in [9.17, 15) is 17.7 Å². The van der Waals surface area contributed by atoms with Gasteiger partial charge in [0.2, 0.25) is 0 Å². The Balaban J connectivity index is 0.00000342. The van der Waals surface area contributed by atoms with Crippen LogP contribution in [0.5, 0.6) is 5.75 Å². The predicted molar refractivity (Wildman–Crippen MR) is 127 cm³/mol. The number of pyridine rings is 1. The molecule has 0 bridgehead atoms. The Hall–Kier alpha value is -1.34. The Morgan fingerprint density at radius 2 is 1.91 bits per heavy atom. The molecular weight excluding hydrogens is 494 g/mol. The van der Waals surface area contributed by atoms with Crippen molar-refractivity contribution in [2.75, 3.05) is 19.8 Å². The molecule has 0 amide bonds. The van der Waals surface area contributed by atoms with Gasteiger partial charge in [-0.3, -0.25) is 9.97 Å². The fourth-order valence-electron chi connectivity index (χ4n) is 3.56. The second-order valence-electron chi connectivity index (χ2n) is 9.13. The van der Waals surface area contributed by atoms with E-state index in [1.807, 2.05) is 13.8 Å². The van der Waals surface area contributed by atoms with Crippen molar-refractivity contribution in [3.63, 3.8) is 0 Å². The van der Waals surface area contributed by atoms with Crippen LogP contribution in [0.3, 0.4) is 0 Å². The average Bonchev–Trinajstić information content (AvgIpc) is 3.19. The zero-order valence-electron chi connectivity index (χ0n) is 19.3. The van der Waals surface area contributed by atoms with Gasteiger partial charge in [-0.25, -0.2) is 0 Å². The number of H-pyrrole nitrogens is 1. The SMILES string of the molecule is Cc1cnc(C[S+]([O-])c2nc3cc(C(F)(F)F)ccc3[nH]2)c(C)c1OCC1OCC(C)(C)CO1.[NaH]. The van der Waals surface area contributed by atoms with E-state index in [4.69, 9.17) is 14.2 Å². The molecule has 1 fully saturated rings. The molecule has 35 heavy (non-hydrogen) atoms. The third kappa shape index (κ3) is 6.71. The first-order valence-electron chi connectivity index (χ1n) is 10.7. The van der Waals surface area contributed by atoms with Crippen LogP contribution in [-0.4, -0.2) is 75.2 Å². The molecule has 1 atom stereocenters. The standard InChI is InChI=1S/C23H26F3N3O4S.Na.H/c1-13-8-27-18(14(2)20(13)31-9-19-32-11-22(3,4)12-33-19)10-34(30)21-28-16-6-5-15(23(24,25)26)7-17(16)29-21;;/h5-8,19H,9-12H2,1-4H3,(H,28,29);;. The molecule has 3 aromatic rings. The summed E-state index contributed by atoms with van der Waals surface area (Å²) < 4.78 is 69.3. The molecule has 0 aliphatic carbocycles. The molecule has 12 heteroatoms. The van der Waals surface area contributed by atoms with Crippen molar-refractivity contribution in [2.24, 2.45) is 5.41 Å². The molecule has 1 unspecified atom stereocenters. The molecule has 0 spiro atoms. The number of aromatic amines is 1. The van der Waals surface area contributed by atoms with Gasteiger partial charge < -0.3 is 18.8 Å². The minimum atomic E-state index is -4.48. The topological polar surface area (TPSA) is 92.3 Å². The first-order chi connectivity index (χ1) is 15.9. The Kier molecular flexibility index (Phi) is 8.84. The summed E-state index contributed by atoms with van der Waals surface area (Å²) in [6.07, 6.45) is -3.32. The van der Waals surface area contributed by atoms with Crippen molar-refractivity contribution in [3.8, 4) is 5.75 Å². The molecule has 7 nitrogen and oxygen atoms in total. The molecule has 1 N–H and O–H groups in total. The Labute approximate surface area is 226 Å². The van der Waals surface area contributed by atoms with Gasteiger partial charge in [0.25, 0.3) is 0 Å². The van der Waals surface area contributed by atoms with Crippen molar-refractivity contribution >= 4 is 51.8 Å². The summed E-state index contributed by atoms with van der Waals surface area (Å²) in [5, 5.41) is 0.0881. The summed E-state index contributed by atoms with van der Waals surface area (Å²) in [6.45, 7) is 9.15. The molecule has 3 heterocycles. The van der Waals surface area contributed by atoms with Crippen LogP contribution in [0, 0.1) is 19.3 Å². The van der Waals surface area contributed by atoms with E-state index >= 15 is 0 Å². The summed E-state index contributed by atoms with van der Waals surface area (Å²) in [7, 11) is 0. The van der Waals surface area contributed by atoms with E-state index in [-0.39, 0.29) is 58.0 Å². The first kappa shape index (κ1) is 28.2. The minimum absolute atomic E-state index is 0. The van der Waals surface area contributed by atoms with Crippen LogP contribution in [0.1, 0.15) is 36.2 Å². The number of aryl methyl sites for hydroxylation is 1. The van der Waals surface area contributed by atoms with Crippen LogP contribution < -0.4 is 4.74 Å². The molecule has 2 aromatic heterocycles. The fraction of sp³-hybridized carbons (Fsp3) is 0.478. The number of nitrogens with one attached hydrogen (secondary N) is 1. The van der Waals surface area contributed by atoms with Crippen LogP contribution in [-0.2, 0) is 32.6 Å². The van der Waals surface area contributed by atoms with Gasteiger partial charge in [0.15, 0.2) is 12.0 Å². The summed E-state index contributed by atoms with van der Waals surface area (Å²) in [6, 6.07) is 3.18. The van der Waals surface area contributed by atoms with Crippen molar-refractivity contribution < 1.29 is 31.9 Å². The first-order valence-corrected chi connectivity index (χ1v) is 12.0. The van der Waals surface area contributed by atoms with Gasteiger partial charge in [-0.15, -0.1) is 0 Å². The van der Waals surface area contributed by atoms with E-state index in [2.05, 4.69) is 28.8 Å². The molecular formula is C23H27F3N3NaO4S. The van der Waals surface area contributed by atoms with Gasteiger partial charge in [-0.1, -0.05) is 13.8 Å². The molecule has 4 rings (SSSR count). The van der Waals surface area contributed by atoms with Crippen LogP contribution in [0.25, 0.3) is 11.0 Å². The van der Waals surface area contributed by atoms with Crippen LogP contribution in [0.15, 0.2) is 29.6 Å². The van der Waals surface area contributed by atoms with Crippen molar-refractivity contribution in [1.29, 1.82) is 0 Å². The van der Waals surface area contributed by atoms with E-state index in [1.165, 1.54) is 6.07 Å². The molecule has 0 saturated carbocycles. The summed E-state index contributed by atoms with van der Waals surface area (Å²) in [4.78, 5) is 11.3. The summed E-state index contributed by atoms with van der Waals surface area (Å²) in [5.41, 5.74) is 1.71. The number of hydrogen-bond acceptors (Lipinski definition) is 6. The van der Waals surface area contributed by atoms with Crippen LogP contribution >= 0.6 is 0 Å². The molecule has 0 radical (unpaired) electrons. The van der Waals surface area contributed by atoms with Crippen molar-refractivity contribution in [2.45, 2.75) is 51.1 Å². The maximum absolute atomic E-state index is 13.0. The number of imidazole rings is 1. The molecule has 1 saturated heterocycles. The van der Waals surface area contributed by atoms with Gasteiger partial charge in [-0.2, -0.15) is 18.2 Å². The number of rotatable bonds is 6. The number of nitrogens with zero attached hydrogens (tertiary/aromatic N) is 2. The number of aromatic nitrogens is 3.